The minimum Gasteiger partial charge on any atom is -0.431 e. The SMILES string of the molecule is CC1(C)OC(=O)C(Cn2cncn2)(c2ccccc2)O1. The molecule has 1 atom stereocenters. The van der Waals surface area contributed by atoms with E-state index in [0.29, 0.717) is 0 Å². The lowest BCUT2D eigenvalue weighted by Gasteiger charge is -2.26. The van der Waals surface area contributed by atoms with Crippen molar-refractivity contribution in [2.24, 2.45) is 0 Å². The number of benzene rings is 1. The van der Waals surface area contributed by atoms with Gasteiger partial charge >= 0.3 is 5.97 Å². The van der Waals surface area contributed by atoms with E-state index in [4.69, 9.17) is 9.47 Å². The van der Waals surface area contributed by atoms with Crippen LogP contribution in [0.5, 0.6) is 0 Å². The molecule has 1 aliphatic heterocycles. The Balaban J connectivity index is 2.06. The summed E-state index contributed by atoms with van der Waals surface area (Å²) in [5, 5.41) is 4.05. The number of carbonyl (C=O) groups is 1. The second-order valence-corrected chi connectivity index (χ2v) is 5.18. The summed E-state index contributed by atoms with van der Waals surface area (Å²) >= 11 is 0. The molecule has 0 radical (unpaired) electrons. The van der Waals surface area contributed by atoms with Gasteiger partial charge in [0.1, 0.15) is 12.7 Å². The van der Waals surface area contributed by atoms with E-state index in [1.165, 1.54) is 6.33 Å². The number of hydrogen-bond acceptors (Lipinski definition) is 5. The lowest BCUT2D eigenvalue weighted by atomic mass is 9.94. The molecule has 6 heteroatoms. The smallest absolute Gasteiger partial charge is 0.347 e. The molecular formula is C14H15N3O3. The number of nitrogens with zero attached hydrogens (tertiary/aromatic N) is 3. The summed E-state index contributed by atoms with van der Waals surface area (Å²) in [5.74, 6) is -1.38. The quantitative estimate of drug-likeness (QED) is 0.792. The van der Waals surface area contributed by atoms with Crippen LogP contribution in [0.15, 0.2) is 43.0 Å². The zero-order valence-electron chi connectivity index (χ0n) is 11.3. The Hall–Kier alpha value is -2.21. The van der Waals surface area contributed by atoms with E-state index in [1.54, 1.807) is 24.9 Å². The molecule has 104 valence electrons. The topological polar surface area (TPSA) is 66.2 Å². The maximum Gasteiger partial charge on any atom is 0.347 e. The Morgan fingerprint density at radius 3 is 2.55 bits per heavy atom. The Morgan fingerprint density at radius 2 is 2.00 bits per heavy atom. The van der Waals surface area contributed by atoms with Crippen molar-refractivity contribution in [2.75, 3.05) is 0 Å². The predicted molar refractivity (Wildman–Crippen MR) is 69.4 cm³/mol. The third-order valence-corrected chi connectivity index (χ3v) is 3.18. The van der Waals surface area contributed by atoms with Crippen molar-refractivity contribution < 1.29 is 14.3 Å². The van der Waals surface area contributed by atoms with E-state index in [9.17, 15) is 4.79 Å². The van der Waals surface area contributed by atoms with Gasteiger partial charge in [0.15, 0.2) is 0 Å². The highest BCUT2D eigenvalue weighted by Crippen LogP contribution is 2.40. The average molecular weight is 273 g/mol. The first-order chi connectivity index (χ1) is 9.52. The predicted octanol–water partition coefficient (Wildman–Crippen LogP) is 1.48. The molecule has 0 spiro atoms. The Labute approximate surface area is 116 Å². The molecule has 1 aromatic heterocycles. The summed E-state index contributed by atoms with van der Waals surface area (Å²) < 4.78 is 12.9. The molecule has 20 heavy (non-hydrogen) atoms. The summed E-state index contributed by atoms with van der Waals surface area (Å²) in [6.45, 7) is 3.66. The highest BCUT2D eigenvalue weighted by atomic mass is 16.8. The fourth-order valence-electron chi connectivity index (χ4n) is 2.40. The highest BCUT2D eigenvalue weighted by molar-refractivity contribution is 5.83. The molecule has 2 heterocycles. The molecule has 1 fully saturated rings. The van der Waals surface area contributed by atoms with Gasteiger partial charge in [-0.1, -0.05) is 30.3 Å². The zero-order valence-corrected chi connectivity index (χ0v) is 11.3. The highest BCUT2D eigenvalue weighted by Gasteiger charge is 2.55. The van der Waals surface area contributed by atoms with E-state index in [-0.39, 0.29) is 6.54 Å². The molecule has 1 aromatic carbocycles. The van der Waals surface area contributed by atoms with Crippen LogP contribution in [0.3, 0.4) is 0 Å². The molecule has 1 aliphatic rings. The summed E-state index contributed by atoms with van der Waals surface area (Å²) in [6, 6.07) is 9.30. The minimum absolute atomic E-state index is 0.222. The van der Waals surface area contributed by atoms with Gasteiger partial charge < -0.3 is 9.47 Å². The molecule has 6 nitrogen and oxygen atoms in total. The first-order valence-electron chi connectivity index (χ1n) is 6.33. The lowest BCUT2D eigenvalue weighted by Crippen LogP contribution is -2.39. The number of cyclic esters (lactones) is 1. The van der Waals surface area contributed by atoms with E-state index in [2.05, 4.69) is 10.1 Å². The fourth-order valence-corrected chi connectivity index (χ4v) is 2.40. The maximum atomic E-state index is 12.4. The summed E-state index contributed by atoms with van der Waals surface area (Å²) in [4.78, 5) is 16.3. The van der Waals surface area contributed by atoms with Crippen LogP contribution in [0, 0.1) is 0 Å². The minimum atomic E-state index is -1.20. The van der Waals surface area contributed by atoms with Gasteiger partial charge in [-0.25, -0.2) is 14.5 Å². The number of aromatic nitrogens is 3. The van der Waals surface area contributed by atoms with Crippen molar-refractivity contribution in [1.29, 1.82) is 0 Å². The maximum absolute atomic E-state index is 12.4. The summed E-state index contributed by atoms with van der Waals surface area (Å²) in [5.41, 5.74) is -0.454. The van der Waals surface area contributed by atoms with Crippen LogP contribution in [0.25, 0.3) is 0 Å². The number of carbonyl (C=O) groups excluding carboxylic acids is 1. The molecule has 2 aromatic rings. The van der Waals surface area contributed by atoms with Crippen LogP contribution in [0.1, 0.15) is 19.4 Å². The molecular weight excluding hydrogens is 258 g/mol. The van der Waals surface area contributed by atoms with Crippen molar-refractivity contribution in [1.82, 2.24) is 14.8 Å². The third kappa shape index (κ3) is 2.08. The van der Waals surface area contributed by atoms with Crippen LogP contribution < -0.4 is 0 Å². The molecule has 0 N–H and O–H groups in total. The van der Waals surface area contributed by atoms with E-state index in [1.807, 2.05) is 30.3 Å². The van der Waals surface area contributed by atoms with Gasteiger partial charge in [-0.2, -0.15) is 5.10 Å². The number of hydrogen-bond donors (Lipinski definition) is 0. The third-order valence-electron chi connectivity index (χ3n) is 3.18. The van der Waals surface area contributed by atoms with Crippen molar-refractivity contribution in [2.45, 2.75) is 31.8 Å². The first-order valence-corrected chi connectivity index (χ1v) is 6.33. The van der Waals surface area contributed by atoms with Gasteiger partial charge in [-0.3, -0.25) is 0 Å². The second-order valence-electron chi connectivity index (χ2n) is 5.18. The van der Waals surface area contributed by atoms with E-state index < -0.39 is 17.4 Å². The van der Waals surface area contributed by atoms with Gasteiger partial charge in [0, 0.05) is 13.8 Å². The normalized spacial score (nSPS) is 24.6. The van der Waals surface area contributed by atoms with Crippen molar-refractivity contribution >= 4 is 5.97 Å². The lowest BCUT2D eigenvalue weighted by molar-refractivity contribution is -0.169. The van der Waals surface area contributed by atoms with E-state index in [0.717, 1.165) is 5.56 Å². The fraction of sp³-hybridized carbons (Fsp3) is 0.357. The van der Waals surface area contributed by atoms with E-state index >= 15 is 0 Å². The van der Waals surface area contributed by atoms with Crippen LogP contribution in [0.2, 0.25) is 0 Å². The summed E-state index contributed by atoms with van der Waals surface area (Å²) in [6.07, 6.45) is 2.97. The molecule has 0 saturated carbocycles. The van der Waals surface area contributed by atoms with Gasteiger partial charge in [-0.05, 0) is 5.56 Å². The molecule has 0 amide bonds. The molecule has 0 aliphatic carbocycles. The molecule has 1 saturated heterocycles. The summed E-state index contributed by atoms with van der Waals surface area (Å²) in [7, 11) is 0. The van der Waals surface area contributed by atoms with Crippen molar-refractivity contribution in [3.8, 4) is 0 Å². The van der Waals surface area contributed by atoms with Gasteiger partial charge in [0.2, 0.25) is 11.4 Å². The van der Waals surface area contributed by atoms with Crippen molar-refractivity contribution in [3.05, 3.63) is 48.5 Å². The second kappa shape index (κ2) is 4.42. The van der Waals surface area contributed by atoms with Gasteiger partial charge in [-0.15, -0.1) is 0 Å². The first kappa shape index (κ1) is 12.8. The Bertz CT molecular complexity index is 610. The van der Waals surface area contributed by atoms with Crippen LogP contribution in [-0.4, -0.2) is 26.5 Å². The molecule has 1 unspecified atom stereocenters. The van der Waals surface area contributed by atoms with Crippen LogP contribution in [-0.2, 0) is 26.4 Å². The van der Waals surface area contributed by atoms with Crippen LogP contribution >= 0.6 is 0 Å². The Morgan fingerprint density at radius 1 is 1.25 bits per heavy atom. The van der Waals surface area contributed by atoms with Crippen LogP contribution in [0.4, 0.5) is 0 Å². The standard InChI is InChI=1S/C14H15N3O3/c1-13(2)19-12(18)14(20-13,8-17-10-15-9-16-17)11-6-4-3-5-7-11/h3-7,9-10H,8H2,1-2H3. The number of rotatable bonds is 3. The average Bonchev–Trinajstić information content (AvgIpc) is 2.98. The monoisotopic (exact) mass is 273 g/mol. The van der Waals surface area contributed by atoms with Gasteiger partial charge in [0.05, 0.1) is 6.54 Å². The largest absolute Gasteiger partial charge is 0.431 e. The number of ether oxygens (including phenoxy) is 2. The van der Waals surface area contributed by atoms with Gasteiger partial charge in [0.25, 0.3) is 0 Å². The zero-order chi connectivity index (χ0) is 14.2. The molecule has 3 rings (SSSR count). The van der Waals surface area contributed by atoms with Crippen molar-refractivity contribution in [3.63, 3.8) is 0 Å². The Kier molecular flexibility index (Phi) is 2.83. The molecule has 0 bridgehead atoms. The number of esters is 1.